The van der Waals surface area contributed by atoms with E-state index in [4.69, 9.17) is 0 Å². The molecule has 8 heteroatoms. The highest BCUT2D eigenvalue weighted by Crippen LogP contribution is 2.22. The number of nitrogens with one attached hydrogen (secondary N) is 1. The van der Waals surface area contributed by atoms with Gasteiger partial charge in [-0.25, -0.2) is 9.98 Å². The second kappa shape index (κ2) is 13.4. The summed E-state index contributed by atoms with van der Waals surface area (Å²) in [6, 6.07) is 15.7. The van der Waals surface area contributed by atoms with Gasteiger partial charge in [-0.15, -0.1) is 0 Å². The number of para-hydroxylation sites is 1. The highest BCUT2D eigenvalue weighted by molar-refractivity contribution is 6.04. The maximum absolute atomic E-state index is 13.1. The molecule has 2 aromatic carbocycles. The Morgan fingerprint density at radius 3 is 2.00 bits per heavy atom. The van der Waals surface area contributed by atoms with E-state index in [0.717, 1.165) is 12.1 Å². The molecule has 2 aromatic rings. The summed E-state index contributed by atoms with van der Waals surface area (Å²) < 4.78 is 13.1. The summed E-state index contributed by atoms with van der Waals surface area (Å²) in [7, 11) is 0. The molecular weight excluding hydrogens is 435 g/mol. The van der Waals surface area contributed by atoms with E-state index in [0.29, 0.717) is 17.8 Å². The van der Waals surface area contributed by atoms with Crippen LogP contribution in [0.1, 0.15) is 74.6 Å². The van der Waals surface area contributed by atoms with Gasteiger partial charge in [-0.3, -0.25) is 14.9 Å². The summed E-state index contributed by atoms with van der Waals surface area (Å²) in [5, 5.41) is 13.1. The topological polar surface area (TPSA) is 97.0 Å². The summed E-state index contributed by atoms with van der Waals surface area (Å²) in [5.74, 6) is -1.50. The molecule has 0 aromatic heterocycles. The van der Waals surface area contributed by atoms with Gasteiger partial charge in [0.1, 0.15) is 0 Å². The lowest BCUT2D eigenvalue weighted by atomic mass is 9.96. The van der Waals surface area contributed by atoms with Crippen LogP contribution in [-0.4, -0.2) is 28.9 Å². The summed E-state index contributed by atoms with van der Waals surface area (Å²) in [6.07, 6.45) is 13.2. The number of halogens is 1. The van der Waals surface area contributed by atoms with E-state index in [1.165, 1.54) is 70.3 Å². The molecule has 2 aliphatic carbocycles. The molecule has 0 spiro atoms. The molecule has 2 saturated carbocycles. The second-order valence-electron chi connectivity index (χ2n) is 8.69. The number of hydrogen-bond donors (Lipinski definition) is 1. The highest BCUT2D eigenvalue weighted by Gasteiger charge is 2.17. The Hall–Kier alpha value is -3.38. The van der Waals surface area contributed by atoms with Gasteiger partial charge in [0.2, 0.25) is 5.82 Å². The van der Waals surface area contributed by atoms with Crippen molar-refractivity contribution in [2.24, 2.45) is 9.98 Å². The number of carbonyl (C=O) groups is 1. The molecule has 34 heavy (non-hydrogen) atoms. The average molecular weight is 467 g/mol. The molecule has 7 nitrogen and oxygen atoms in total. The van der Waals surface area contributed by atoms with Gasteiger partial charge >= 0.3 is 5.69 Å². The van der Waals surface area contributed by atoms with Crippen molar-refractivity contribution >= 4 is 23.3 Å². The average Bonchev–Trinajstić information content (AvgIpc) is 2.86. The zero-order valence-corrected chi connectivity index (χ0v) is 19.3. The number of nitro benzene ring substituents is 1. The molecule has 0 heterocycles. The van der Waals surface area contributed by atoms with E-state index < -0.39 is 22.3 Å². The minimum atomic E-state index is -0.971. The number of rotatable bonds is 5. The third kappa shape index (κ3) is 8.19. The lowest BCUT2D eigenvalue weighted by molar-refractivity contribution is -0.387. The van der Waals surface area contributed by atoms with Gasteiger partial charge in [-0.05, 0) is 49.9 Å². The number of nitrogens with zero attached hydrogens (tertiary/aromatic N) is 3. The first kappa shape index (κ1) is 25.2. The van der Waals surface area contributed by atoms with E-state index in [-0.39, 0.29) is 5.56 Å². The van der Waals surface area contributed by atoms with Crippen molar-refractivity contribution in [2.75, 3.05) is 5.32 Å². The smallest absolute Gasteiger partial charge is 0.305 e. The largest absolute Gasteiger partial charge is 0.322 e. The molecule has 0 aliphatic heterocycles. The zero-order chi connectivity index (χ0) is 24.2. The van der Waals surface area contributed by atoms with Crippen LogP contribution in [0.15, 0.2) is 58.5 Å². The minimum absolute atomic E-state index is 0.0250. The van der Waals surface area contributed by atoms with E-state index >= 15 is 0 Å². The van der Waals surface area contributed by atoms with E-state index in [2.05, 4.69) is 21.3 Å². The third-order valence-corrected chi connectivity index (χ3v) is 6.07. The van der Waals surface area contributed by atoms with Crippen molar-refractivity contribution in [3.63, 3.8) is 0 Å². The predicted molar refractivity (Wildman–Crippen MR) is 131 cm³/mol. The molecule has 2 aliphatic rings. The van der Waals surface area contributed by atoms with Gasteiger partial charge in [-0.1, -0.05) is 56.7 Å². The van der Waals surface area contributed by atoms with Crippen molar-refractivity contribution < 1.29 is 14.1 Å². The summed E-state index contributed by atoms with van der Waals surface area (Å²) in [5.41, 5.74) is -0.142. The fourth-order valence-electron chi connectivity index (χ4n) is 4.14. The number of nitro groups is 1. The van der Waals surface area contributed by atoms with Crippen LogP contribution in [0.4, 0.5) is 15.8 Å². The number of benzene rings is 2. The first-order valence-corrected chi connectivity index (χ1v) is 12.0. The Morgan fingerprint density at radius 1 is 0.912 bits per heavy atom. The minimum Gasteiger partial charge on any atom is -0.322 e. The lowest BCUT2D eigenvalue weighted by Crippen LogP contribution is -2.12. The van der Waals surface area contributed by atoms with Gasteiger partial charge in [0, 0.05) is 17.3 Å². The van der Waals surface area contributed by atoms with Crippen LogP contribution in [0.5, 0.6) is 0 Å². The van der Waals surface area contributed by atoms with Gasteiger partial charge in [0.15, 0.2) is 0 Å². The summed E-state index contributed by atoms with van der Waals surface area (Å²) in [4.78, 5) is 30.5. The molecule has 1 amide bonds. The van der Waals surface area contributed by atoms with Crippen LogP contribution < -0.4 is 5.32 Å². The van der Waals surface area contributed by atoms with E-state index in [9.17, 15) is 19.3 Å². The predicted octanol–water partition coefficient (Wildman–Crippen LogP) is 6.81. The SMILES string of the molecule is C(=NC1CCCCC1)=NC1CCCCC1.O=C(Nc1ccccc1)c1ccc(F)c([N+](=O)[O-])c1. The van der Waals surface area contributed by atoms with Crippen molar-refractivity contribution in [3.05, 3.63) is 70.0 Å². The molecule has 0 saturated heterocycles. The quantitative estimate of drug-likeness (QED) is 0.298. The third-order valence-electron chi connectivity index (χ3n) is 6.07. The van der Waals surface area contributed by atoms with E-state index in [1.54, 1.807) is 30.3 Å². The highest BCUT2D eigenvalue weighted by atomic mass is 19.1. The molecule has 2 fully saturated rings. The molecule has 0 bridgehead atoms. The van der Waals surface area contributed by atoms with Crippen molar-refractivity contribution in [3.8, 4) is 0 Å². The number of anilines is 1. The molecule has 0 atom stereocenters. The molecule has 0 radical (unpaired) electrons. The van der Waals surface area contributed by atoms with Crippen LogP contribution in [0.25, 0.3) is 0 Å². The Bertz CT molecular complexity index is 988. The number of amides is 1. The maximum Gasteiger partial charge on any atom is 0.305 e. The number of hydrogen-bond acceptors (Lipinski definition) is 5. The van der Waals surface area contributed by atoms with Crippen molar-refractivity contribution in [1.82, 2.24) is 0 Å². The van der Waals surface area contributed by atoms with E-state index in [1.807, 2.05) is 0 Å². The number of aliphatic imine (C=N–C) groups is 2. The lowest BCUT2D eigenvalue weighted by Gasteiger charge is -2.17. The molecule has 1 N–H and O–H groups in total. The summed E-state index contributed by atoms with van der Waals surface area (Å²) in [6.45, 7) is 0. The standard InChI is InChI=1S/C13H9FN2O3.C13H22N2/c14-11-7-6-9(8-12(11)16(18)19)13(17)15-10-4-2-1-3-5-10;1-3-7-12(8-4-1)14-11-15-13-9-5-2-6-10-13/h1-8H,(H,15,17);12-13H,1-10H2. The van der Waals surface area contributed by atoms with Gasteiger partial charge in [0.25, 0.3) is 5.91 Å². The van der Waals surface area contributed by atoms with Gasteiger partial charge in [-0.2, -0.15) is 4.39 Å². The van der Waals surface area contributed by atoms with Crippen LogP contribution in [-0.2, 0) is 0 Å². The van der Waals surface area contributed by atoms with Crippen molar-refractivity contribution in [1.29, 1.82) is 0 Å². The Labute approximate surface area is 199 Å². The van der Waals surface area contributed by atoms with Crippen LogP contribution in [0, 0.1) is 15.9 Å². The maximum atomic E-state index is 13.1. The fraction of sp³-hybridized carbons (Fsp3) is 0.462. The van der Waals surface area contributed by atoms with Crippen LogP contribution in [0.3, 0.4) is 0 Å². The first-order chi connectivity index (χ1) is 16.5. The first-order valence-electron chi connectivity index (χ1n) is 12.0. The monoisotopic (exact) mass is 466 g/mol. The Kier molecular flexibility index (Phi) is 9.92. The fourth-order valence-corrected chi connectivity index (χ4v) is 4.14. The Balaban J connectivity index is 0.000000196. The Morgan fingerprint density at radius 2 is 1.47 bits per heavy atom. The summed E-state index contributed by atoms with van der Waals surface area (Å²) >= 11 is 0. The van der Waals surface area contributed by atoms with Crippen molar-refractivity contribution in [2.45, 2.75) is 76.3 Å². The van der Waals surface area contributed by atoms with Crippen LogP contribution in [0.2, 0.25) is 0 Å². The molecule has 180 valence electrons. The number of carbonyl (C=O) groups excluding carboxylic acids is 1. The molecule has 4 rings (SSSR count). The van der Waals surface area contributed by atoms with Crippen LogP contribution >= 0.6 is 0 Å². The molecule has 0 unspecified atom stereocenters. The zero-order valence-electron chi connectivity index (χ0n) is 19.3. The van der Waals surface area contributed by atoms with Gasteiger partial charge < -0.3 is 5.32 Å². The van der Waals surface area contributed by atoms with Gasteiger partial charge in [0.05, 0.1) is 23.0 Å². The second-order valence-corrected chi connectivity index (χ2v) is 8.69. The normalized spacial score (nSPS) is 16.4. The molecular formula is C26H31FN4O3.